The molecule has 2 aromatic heterocycles. The molecule has 2 rings (SSSR count). The predicted molar refractivity (Wildman–Crippen MR) is 64.1 cm³/mol. The van der Waals surface area contributed by atoms with Gasteiger partial charge in [0.15, 0.2) is 0 Å². The number of aromatic nitrogens is 2. The molecule has 0 aromatic carbocycles. The van der Waals surface area contributed by atoms with Crippen LogP contribution in [0.1, 0.15) is 16.1 Å². The molecule has 0 bridgehead atoms. The Balaban J connectivity index is 2.22. The van der Waals surface area contributed by atoms with Crippen LogP contribution in [0.5, 0.6) is 0 Å². The Morgan fingerprint density at radius 2 is 2.50 bits per heavy atom. The van der Waals surface area contributed by atoms with Crippen molar-refractivity contribution in [3.8, 4) is 0 Å². The molecule has 5 nitrogen and oxygen atoms in total. The standard InChI is InChI=1S/C10H9IN2O3/c1-15-10(14)9-7(2-3-16-9)5-13-6-8(11)4-12-13/h2-4,6H,5H2,1H3. The van der Waals surface area contributed by atoms with Gasteiger partial charge in [-0.25, -0.2) is 4.79 Å². The molecule has 0 aliphatic rings. The van der Waals surface area contributed by atoms with E-state index in [0.717, 1.165) is 9.13 Å². The average Bonchev–Trinajstić information content (AvgIpc) is 2.87. The van der Waals surface area contributed by atoms with Crippen molar-refractivity contribution in [2.75, 3.05) is 7.11 Å². The summed E-state index contributed by atoms with van der Waals surface area (Å²) in [6.45, 7) is 0.490. The van der Waals surface area contributed by atoms with Gasteiger partial charge in [-0.3, -0.25) is 4.68 Å². The first-order valence-corrected chi connectivity index (χ1v) is 5.61. The number of esters is 1. The van der Waals surface area contributed by atoms with Crippen LogP contribution in [-0.2, 0) is 11.3 Å². The molecule has 2 heterocycles. The van der Waals surface area contributed by atoms with E-state index in [1.165, 1.54) is 13.4 Å². The highest BCUT2D eigenvalue weighted by molar-refractivity contribution is 14.1. The van der Waals surface area contributed by atoms with E-state index in [9.17, 15) is 4.79 Å². The van der Waals surface area contributed by atoms with E-state index in [4.69, 9.17) is 4.42 Å². The van der Waals surface area contributed by atoms with Crippen molar-refractivity contribution in [2.45, 2.75) is 6.54 Å². The average molecular weight is 332 g/mol. The molecule has 0 radical (unpaired) electrons. The van der Waals surface area contributed by atoms with Gasteiger partial charge in [0.1, 0.15) is 0 Å². The van der Waals surface area contributed by atoms with Crippen molar-refractivity contribution in [2.24, 2.45) is 0 Å². The van der Waals surface area contributed by atoms with Crippen LogP contribution < -0.4 is 0 Å². The number of ether oxygens (including phenoxy) is 1. The minimum atomic E-state index is -0.471. The lowest BCUT2D eigenvalue weighted by Gasteiger charge is -2.01. The Bertz CT molecular complexity index is 504. The SMILES string of the molecule is COC(=O)c1occc1Cn1cc(I)cn1. The highest BCUT2D eigenvalue weighted by Crippen LogP contribution is 2.13. The van der Waals surface area contributed by atoms with Crippen LogP contribution in [0.15, 0.2) is 29.1 Å². The Morgan fingerprint density at radius 3 is 3.12 bits per heavy atom. The maximum absolute atomic E-state index is 11.3. The third-order valence-electron chi connectivity index (χ3n) is 2.05. The van der Waals surface area contributed by atoms with Crippen LogP contribution in [0.3, 0.4) is 0 Å². The molecule has 0 amide bonds. The lowest BCUT2D eigenvalue weighted by molar-refractivity contribution is 0.0563. The normalized spacial score (nSPS) is 10.4. The summed E-state index contributed by atoms with van der Waals surface area (Å²) in [6, 6.07) is 1.74. The quantitative estimate of drug-likeness (QED) is 0.637. The zero-order valence-electron chi connectivity index (χ0n) is 8.51. The number of hydrogen-bond donors (Lipinski definition) is 0. The van der Waals surface area contributed by atoms with E-state index in [-0.39, 0.29) is 5.76 Å². The van der Waals surface area contributed by atoms with E-state index in [2.05, 4.69) is 32.4 Å². The van der Waals surface area contributed by atoms with Crippen LogP contribution in [0, 0.1) is 3.57 Å². The molecule has 0 N–H and O–H groups in total. The molecular formula is C10H9IN2O3. The second kappa shape index (κ2) is 4.69. The van der Waals surface area contributed by atoms with Crippen LogP contribution >= 0.6 is 22.6 Å². The fourth-order valence-corrected chi connectivity index (χ4v) is 1.78. The third-order valence-corrected chi connectivity index (χ3v) is 2.61. The van der Waals surface area contributed by atoms with Crippen molar-refractivity contribution in [1.82, 2.24) is 9.78 Å². The lowest BCUT2D eigenvalue weighted by atomic mass is 10.2. The summed E-state index contributed by atoms with van der Waals surface area (Å²) in [6.07, 6.45) is 5.10. The Morgan fingerprint density at radius 1 is 1.69 bits per heavy atom. The van der Waals surface area contributed by atoms with Gasteiger partial charge in [-0.2, -0.15) is 5.10 Å². The summed E-state index contributed by atoms with van der Waals surface area (Å²) in [7, 11) is 1.32. The third kappa shape index (κ3) is 2.26. The summed E-state index contributed by atoms with van der Waals surface area (Å²) in [5.74, 6) is -0.241. The van der Waals surface area contributed by atoms with E-state index < -0.39 is 5.97 Å². The van der Waals surface area contributed by atoms with E-state index in [1.807, 2.05) is 6.20 Å². The molecule has 0 aliphatic carbocycles. The molecule has 16 heavy (non-hydrogen) atoms. The van der Waals surface area contributed by atoms with Gasteiger partial charge in [0, 0.05) is 11.8 Å². The van der Waals surface area contributed by atoms with E-state index in [0.29, 0.717) is 6.54 Å². The Kier molecular flexibility index (Phi) is 3.28. The van der Waals surface area contributed by atoms with Crippen LogP contribution in [0.2, 0.25) is 0 Å². The number of nitrogens with zero attached hydrogens (tertiary/aromatic N) is 2. The summed E-state index contributed by atoms with van der Waals surface area (Å²) in [5, 5.41) is 4.13. The van der Waals surface area contributed by atoms with Crippen molar-refractivity contribution in [1.29, 1.82) is 0 Å². The number of carbonyl (C=O) groups excluding carboxylic acids is 1. The van der Waals surface area contributed by atoms with Gasteiger partial charge in [-0.1, -0.05) is 0 Å². The molecule has 0 aliphatic heterocycles. The highest BCUT2D eigenvalue weighted by Gasteiger charge is 2.16. The summed E-state index contributed by atoms with van der Waals surface area (Å²) >= 11 is 2.17. The lowest BCUT2D eigenvalue weighted by Crippen LogP contribution is -2.07. The topological polar surface area (TPSA) is 57.3 Å². The fraction of sp³-hybridized carbons (Fsp3) is 0.200. The number of hydrogen-bond acceptors (Lipinski definition) is 4. The number of carbonyl (C=O) groups is 1. The molecule has 0 fully saturated rings. The zero-order valence-corrected chi connectivity index (χ0v) is 10.7. The van der Waals surface area contributed by atoms with Gasteiger partial charge >= 0.3 is 5.97 Å². The second-order valence-electron chi connectivity index (χ2n) is 3.12. The predicted octanol–water partition coefficient (Wildman–Crippen LogP) is 1.92. The van der Waals surface area contributed by atoms with Crippen LogP contribution in [-0.4, -0.2) is 22.9 Å². The molecule has 2 aromatic rings. The van der Waals surface area contributed by atoms with Crippen LogP contribution in [0.25, 0.3) is 0 Å². The number of furan rings is 1. The summed E-state index contributed by atoms with van der Waals surface area (Å²) in [4.78, 5) is 11.3. The molecule has 0 spiro atoms. The second-order valence-corrected chi connectivity index (χ2v) is 4.37. The van der Waals surface area contributed by atoms with Crippen molar-refractivity contribution >= 4 is 28.6 Å². The maximum Gasteiger partial charge on any atom is 0.374 e. The molecule has 6 heteroatoms. The van der Waals surface area contributed by atoms with E-state index in [1.54, 1.807) is 16.9 Å². The molecule has 0 saturated carbocycles. The highest BCUT2D eigenvalue weighted by atomic mass is 127. The van der Waals surface area contributed by atoms with Gasteiger partial charge in [-0.05, 0) is 28.7 Å². The van der Waals surface area contributed by atoms with Crippen molar-refractivity contribution in [3.05, 3.63) is 39.6 Å². The smallest absolute Gasteiger partial charge is 0.374 e. The maximum atomic E-state index is 11.3. The summed E-state index contributed by atoms with van der Waals surface area (Å²) in [5.41, 5.74) is 0.756. The minimum Gasteiger partial charge on any atom is -0.463 e. The molecule has 0 atom stereocenters. The first kappa shape index (κ1) is 11.2. The monoisotopic (exact) mass is 332 g/mol. The van der Waals surface area contributed by atoms with Gasteiger partial charge in [0.25, 0.3) is 0 Å². The molecule has 0 saturated heterocycles. The molecular weight excluding hydrogens is 323 g/mol. The number of halogens is 1. The largest absolute Gasteiger partial charge is 0.463 e. The van der Waals surface area contributed by atoms with Crippen molar-refractivity contribution in [3.63, 3.8) is 0 Å². The number of rotatable bonds is 3. The number of methoxy groups -OCH3 is 1. The minimum absolute atomic E-state index is 0.230. The van der Waals surface area contributed by atoms with Crippen molar-refractivity contribution < 1.29 is 13.9 Å². The fourth-order valence-electron chi connectivity index (χ4n) is 1.33. The van der Waals surface area contributed by atoms with Gasteiger partial charge < -0.3 is 9.15 Å². The first-order valence-electron chi connectivity index (χ1n) is 4.53. The Hall–Kier alpha value is -1.31. The molecule has 84 valence electrons. The molecule has 0 unspecified atom stereocenters. The Labute approximate surface area is 106 Å². The van der Waals surface area contributed by atoms with Gasteiger partial charge in [-0.15, -0.1) is 0 Å². The summed E-state index contributed by atoms with van der Waals surface area (Å²) < 4.78 is 12.5. The first-order chi connectivity index (χ1) is 7.70. The zero-order chi connectivity index (χ0) is 11.5. The van der Waals surface area contributed by atoms with Crippen LogP contribution in [0.4, 0.5) is 0 Å². The van der Waals surface area contributed by atoms with Gasteiger partial charge in [0.05, 0.1) is 29.7 Å². The van der Waals surface area contributed by atoms with E-state index >= 15 is 0 Å². The van der Waals surface area contributed by atoms with Gasteiger partial charge in [0.2, 0.25) is 5.76 Å².